The number of quaternary nitrogens is 2. The number of nitrogens with zero attached hydrogens (tertiary/aromatic N) is 4. The Morgan fingerprint density at radius 2 is 0.732 bits per heavy atom. The fraction of sp³-hybridized carbons (Fsp3) is 0.720. The van der Waals surface area contributed by atoms with Crippen LogP contribution in [0, 0.1) is 0 Å². The van der Waals surface area contributed by atoms with E-state index in [9.17, 15) is 10.2 Å². The molecule has 316 valence electrons. The molecule has 4 rings (SSSR count). The number of aliphatic hydroxyl groups excluding tert-OH is 2. The van der Waals surface area contributed by atoms with E-state index in [-0.39, 0.29) is 13.2 Å². The second kappa shape index (κ2) is 30.7. The zero-order valence-corrected chi connectivity index (χ0v) is 36.5. The minimum Gasteiger partial charge on any atom is -0.390 e. The summed E-state index contributed by atoms with van der Waals surface area (Å²) in [6.07, 6.45) is 31.9. The van der Waals surface area contributed by atoms with E-state index in [1.54, 1.807) is 0 Å². The van der Waals surface area contributed by atoms with Crippen molar-refractivity contribution < 1.29 is 19.2 Å². The molecule has 0 bridgehead atoms. The molecular weight excluding hydrogens is 689 g/mol. The van der Waals surface area contributed by atoms with Crippen molar-refractivity contribution in [2.24, 2.45) is 9.98 Å². The number of aliphatic imine (C=N–C) groups is 2. The van der Waals surface area contributed by atoms with Crippen LogP contribution in [0.3, 0.4) is 0 Å². The lowest BCUT2D eigenvalue weighted by Gasteiger charge is -2.34. The predicted octanol–water partition coefficient (Wildman–Crippen LogP) is 11.5. The van der Waals surface area contributed by atoms with Gasteiger partial charge in [0.05, 0.1) is 39.4 Å². The number of hydrogen-bond acceptors (Lipinski definition) is 4. The number of unbranched alkanes of at least 4 members (excludes halogenated alkanes) is 18. The summed E-state index contributed by atoms with van der Waals surface area (Å²) in [6.45, 7) is 12.9. The standard InChI is InChI=1S/C26H45N2O.C24H41N2O/c1-2-3-4-5-6-7-8-9-10-11-15-18-26-27-20-22-28(26,23-24-29)21-19-25-16-13-12-14-17-25;1-2-3-4-5-6-7-8-9-13-16-24-25-18-20-26(24,21-22-27)19-17-23-14-11-10-12-15-23/h12-14,16-17,29H,2-11,15,18-24H2,1H3;10-12,14-15,27H,2-9,13,16-22H2,1H3/q2*+1. The van der Waals surface area contributed by atoms with Crippen LogP contribution in [0.1, 0.15) is 166 Å². The minimum atomic E-state index is 0.256. The normalized spacial score (nSPS) is 19.1. The van der Waals surface area contributed by atoms with Gasteiger partial charge in [0.15, 0.2) is 11.7 Å². The Morgan fingerprint density at radius 1 is 0.411 bits per heavy atom. The van der Waals surface area contributed by atoms with E-state index >= 15 is 0 Å². The Hall–Kier alpha value is -2.38. The molecule has 2 atom stereocenters. The van der Waals surface area contributed by atoms with Gasteiger partial charge in [0.25, 0.3) is 0 Å². The van der Waals surface area contributed by atoms with Crippen molar-refractivity contribution in [3.8, 4) is 0 Å². The first-order chi connectivity index (χ1) is 27.6. The van der Waals surface area contributed by atoms with Crippen molar-refractivity contribution in [1.82, 2.24) is 0 Å². The van der Waals surface area contributed by atoms with Gasteiger partial charge in [-0.3, -0.25) is 8.97 Å². The Morgan fingerprint density at radius 3 is 1.05 bits per heavy atom. The molecule has 0 saturated heterocycles. The summed E-state index contributed by atoms with van der Waals surface area (Å²) in [4.78, 5) is 9.75. The number of hydrogen-bond donors (Lipinski definition) is 2. The van der Waals surface area contributed by atoms with Crippen LogP contribution < -0.4 is 0 Å². The SMILES string of the molecule is CCCCCCCCCCCC1=NCC[N+]1(CCO)CCc1ccccc1.CCCCCCCCCCCCCC1=NCC[N+]1(CCO)CCc1ccccc1. The quantitative estimate of drug-likeness (QED) is 0.0574. The van der Waals surface area contributed by atoms with Crippen LogP contribution in [0.4, 0.5) is 0 Å². The topological polar surface area (TPSA) is 65.2 Å². The molecule has 2 heterocycles. The molecule has 0 aliphatic carbocycles. The lowest BCUT2D eigenvalue weighted by molar-refractivity contribution is -0.836. The van der Waals surface area contributed by atoms with Gasteiger partial charge in [-0.1, -0.05) is 190 Å². The summed E-state index contributed by atoms with van der Waals surface area (Å²) in [5, 5.41) is 19.4. The van der Waals surface area contributed by atoms with Crippen molar-refractivity contribution in [2.75, 3.05) is 65.6 Å². The lowest BCUT2D eigenvalue weighted by Crippen LogP contribution is -2.53. The van der Waals surface area contributed by atoms with Crippen LogP contribution in [0.25, 0.3) is 0 Å². The van der Waals surface area contributed by atoms with Gasteiger partial charge in [-0.15, -0.1) is 0 Å². The van der Waals surface area contributed by atoms with Gasteiger partial charge in [0, 0.05) is 25.7 Å². The Balaban J connectivity index is 0.000000301. The van der Waals surface area contributed by atoms with Crippen molar-refractivity contribution in [3.05, 3.63) is 71.8 Å². The van der Waals surface area contributed by atoms with Gasteiger partial charge in [0.1, 0.15) is 26.2 Å². The van der Waals surface area contributed by atoms with Crippen LogP contribution >= 0.6 is 0 Å². The highest BCUT2D eigenvalue weighted by Crippen LogP contribution is 2.23. The molecule has 0 fully saturated rings. The number of benzene rings is 2. The van der Waals surface area contributed by atoms with Crippen LogP contribution in [-0.4, -0.2) is 96.4 Å². The predicted molar refractivity (Wildman–Crippen MR) is 242 cm³/mol. The maximum absolute atomic E-state index is 9.70. The monoisotopic (exact) mass is 775 g/mol. The first-order valence-corrected chi connectivity index (χ1v) is 23.7. The van der Waals surface area contributed by atoms with Crippen molar-refractivity contribution in [2.45, 2.75) is 168 Å². The van der Waals surface area contributed by atoms with Crippen molar-refractivity contribution in [1.29, 1.82) is 0 Å². The maximum atomic E-state index is 9.70. The molecule has 2 N–H and O–H groups in total. The van der Waals surface area contributed by atoms with E-state index in [1.807, 2.05) is 0 Å². The maximum Gasteiger partial charge on any atom is 0.198 e. The Labute approximate surface area is 345 Å². The summed E-state index contributed by atoms with van der Waals surface area (Å²) < 4.78 is 1.84. The zero-order chi connectivity index (χ0) is 39.8. The molecule has 0 saturated carbocycles. The summed E-state index contributed by atoms with van der Waals surface area (Å²) >= 11 is 0. The smallest absolute Gasteiger partial charge is 0.198 e. The van der Waals surface area contributed by atoms with Gasteiger partial charge < -0.3 is 10.2 Å². The van der Waals surface area contributed by atoms with E-state index in [1.165, 1.54) is 151 Å². The molecule has 2 aromatic carbocycles. The molecule has 2 aliphatic rings. The third kappa shape index (κ3) is 18.9. The van der Waals surface area contributed by atoms with Crippen LogP contribution in [0.2, 0.25) is 0 Å². The zero-order valence-electron chi connectivity index (χ0n) is 36.5. The number of aliphatic hydroxyl groups is 2. The van der Waals surface area contributed by atoms with Gasteiger partial charge in [-0.2, -0.15) is 0 Å². The van der Waals surface area contributed by atoms with Crippen molar-refractivity contribution in [3.63, 3.8) is 0 Å². The van der Waals surface area contributed by atoms with Gasteiger partial charge in [0.2, 0.25) is 0 Å². The molecule has 0 amide bonds. The molecule has 56 heavy (non-hydrogen) atoms. The van der Waals surface area contributed by atoms with Crippen LogP contribution in [-0.2, 0) is 12.8 Å². The van der Waals surface area contributed by atoms with E-state index in [0.29, 0.717) is 0 Å². The number of rotatable bonds is 32. The van der Waals surface area contributed by atoms with Crippen molar-refractivity contribution >= 4 is 11.7 Å². The van der Waals surface area contributed by atoms with Gasteiger partial charge in [-0.05, 0) is 24.0 Å². The summed E-state index contributed by atoms with van der Waals surface area (Å²) in [5.74, 6) is 2.70. The third-order valence-electron chi connectivity index (χ3n) is 12.6. The first kappa shape index (κ1) is 48.0. The van der Waals surface area contributed by atoms with E-state index < -0.39 is 0 Å². The fourth-order valence-electron chi connectivity index (χ4n) is 9.02. The largest absolute Gasteiger partial charge is 0.390 e. The Bertz CT molecular complexity index is 1280. The molecule has 2 unspecified atom stereocenters. The molecule has 6 heteroatoms. The highest BCUT2D eigenvalue weighted by molar-refractivity contribution is 5.77. The summed E-state index contributed by atoms with van der Waals surface area (Å²) in [5.41, 5.74) is 2.78. The molecule has 2 aliphatic heterocycles. The second-order valence-corrected chi connectivity index (χ2v) is 17.0. The first-order valence-electron chi connectivity index (χ1n) is 23.7. The molecule has 6 nitrogen and oxygen atoms in total. The van der Waals surface area contributed by atoms with E-state index in [4.69, 9.17) is 9.98 Å². The lowest BCUT2D eigenvalue weighted by atomic mass is 10.0. The van der Waals surface area contributed by atoms with Gasteiger partial charge >= 0.3 is 0 Å². The number of amidine groups is 2. The second-order valence-electron chi connectivity index (χ2n) is 17.0. The highest BCUT2D eigenvalue weighted by Gasteiger charge is 2.38. The third-order valence-corrected chi connectivity index (χ3v) is 12.6. The molecule has 0 aromatic heterocycles. The highest BCUT2D eigenvalue weighted by atomic mass is 16.3. The Kier molecular flexibility index (Phi) is 26.3. The molecule has 2 aromatic rings. The minimum absolute atomic E-state index is 0.256. The summed E-state index contributed by atoms with van der Waals surface area (Å²) in [7, 11) is 0. The fourth-order valence-corrected chi connectivity index (χ4v) is 9.02. The van der Waals surface area contributed by atoms with Crippen LogP contribution in [0.15, 0.2) is 70.6 Å². The average Bonchev–Trinajstić information content (AvgIpc) is 3.82. The molecular formula is C50H86N4O2+2. The van der Waals surface area contributed by atoms with E-state index in [0.717, 1.165) is 87.0 Å². The van der Waals surface area contributed by atoms with E-state index in [2.05, 4.69) is 74.5 Å². The molecule has 0 radical (unpaired) electrons. The molecule has 0 spiro atoms. The average molecular weight is 775 g/mol. The van der Waals surface area contributed by atoms with Crippen LogP contribution in [0.5, 0.6) is 0 Å². The van der Waals surface area contributed by atoms with Gasteiger partial charge in [-0.25, -0.2) is 9.98 Å². The summed E-state index contributed by atoms with van der Waals surface area (Å²) in [6, 6.07) is 21.5.